The standard InChI is InChI=1S/C14H17BrN2O/c1-3-16-7-6-14-17-9-13(18-14)12-8-11(15)5-4-10(12)2/h4-5,8-9,16H,3,6-7H2,1-2H3. The van der Waals surface area contributed by atoms with Gasteiger partial charge < -0.3 is 9.73 Å². The van der Waals surface area contributed by atoms with Crippen LogP contribution in [-0.2, 0) is 6.42 Å². The summed E-state index contributed by atoms with van der Waals surface area (Å²) < 4.78 is 6.83. The minimum atomic E-state index is 0.783. The van der Waals surface area contributed by atoms with E-state index < -0.39 is 0 Å². The van der Waals surface area contributed by atoms with Crippen molar-refractivity contribution in [1.82, 2.24) is 10.3 Å². The Morgan fingerprint density at radius 3 is 3.00 bits per heavy atom. The smallest absolute Gasteiger partial charge is 0.196 e. The third-order valence-corrected chi connectivity index (χ3v) is 3.28. The van der Waals surface area contributed by atoms with Gasteiger partial charge in [0.25, 0.3) is 0 Å². The average molecular weight is 309 g/mol. The second-order valence-corrected chi connectivity index (χ2v) is 5.10. The van der Waals surface area contributed by atoms with Crippen molar-refractivity contribution in [2.75, 3.05) is 13.1 Å². The predicted octanol–water partition coefficient (Wildman–Crippen LogP) is 3.56. The molecule has 0 radical (unpaired) electrons. The van der Waals surface area contributed by atoms with Gasteiger partial charge in [0.05, 0.1) is 6.20 Å². The van der Waals surface area contributed by atoms with Crippen LogP contribution in [0.5, 0.6) is 0 Å². The van der Waals surface area contributed by atoms with E-state index in [2.05, 4.69) is 52.2 Å². The normalized spacial score (nSPS) is 10.8. The molecule has 1 aromatic heterocycles. The highest BCUT2D eigenvalue weighted by molar-refractivity contribution is 9.10. The molecule has 0 atom stereocenters. The van der Waals surface area contributed by atoms with Crippen molar-refractivity contribution in [2.24, 2.45) is 0 Å². The molecule has 0 aliphatic rings. The van der Waals surface area contributed by atoms with Gasteiger partial charge in [-0.15, -0.1) is 0 Å². The number of aryl methyl sites for hydroxylation is 1. The van der Waals surface area contributed by atoms with Crippen LogP contribution in [0.1, 0.15) is 18.4 Å². The van der Waals surface area contributed by atoms with Crippen LogP contribution in [0.25, 0.3) is 11.3 Å². The summed E-state index contributed by atoms with van der Waals surface area (Å²) in [6, 6.07) is 6.16. The molecule has 0 fully saturated rings. The van der Waals surface area contributed by atoms with Crippen molar-refractivity contribution in [1.29, 1.82) is 0 Å². The number of hydrogen-bond acceptors (Lipinski definition) is 3. The Kier molecular flexibility index (Phi) is 4.55. The number of rotatable bonds is 5. The zero-order chi connectivity index (χ0) is 13.0. The SMILES string of the molecule is CCNCCc1ncc(-c2cc(Br)ccc2C)o1. The lowest BCUT2D eigenvalue weighted by atomic mass is 10.1. The van der Waals surface area contributed by atoms with Gasteiger partial charge in [-0.05, 0) is 31.2 Å². The van der Waals surface area contributed by atoms with E-state index in [1.807, 2.05) is 6.07 Å². The van der Waals surface area contributed by atoms with Crippen LogP contribution in [0.2, 0.25) is 0 Å². The minimum Gasteiger partial charge on any atom is -0.441 e. The van der Waals surface area contributed by atoms with Gasteiger partial charge in [0.15, 0.2) is 11.7 Å². The first kappa shape index (κ1) is 13.3. The van der Waals surface area contributed by atoms with E-state index in [1.54, 1.807) is 6.20 Å². The Bertz CT molecular complexity index is 522. The van der Waals surface area contributed by atoms with E-state index in [1.165, 1.54) is 5.56 Å². The monoisotopic (exact) mass is 308 g/mol. The molecule has 0 bridgehead atoms. The molecule has 0 unspecified atom stereocenters. The van der Waals surface area contributed by atoms with Crippen LogP contribution < -0.4 is 5.32 Å². The first-order chi connectivity index (χ1) is 8.70. The fourth-order valence-corrected chi connectivity index (χ4v) is 2.14. The quantitative estimate of drug-likeness (QED) is 0.858. The van der Waals surface area contributed by atoms with Gasteiger partial charge >= 0.3 is 0 Å². The molecule has 0 saturated heterocycles. The number of halogens is 1. The molecule has 96 valence electrons. The average Bonchev–Trinajstić information content (AvgIpc) is 2.81. The topological polar surface area (TPSA) is 38.1 Å². The molecule has 1 heterocycles. The Labute approximate surface area is 116 Å². The van der Waals surface area contributed by atoms with E-state index in [-0.39, 0.29) is 0 Å². The number of nitrogens with one attached hydrogen (secondary N) is 1. The largest absolute Gasteiger partial charge is 0.441 e. The van der Waals surface area contributed by atoms with E-state index >= 15 is 0 Å². The highest BCUT2D eigenvalue weighted by Crippen LogP contribution is 2.27. The Hall–Kier alpha value is -1.13. The maximum atomic E-state index is 5.78. The molecule has 0 saturated carbocycles. The van der Waals surface area contributed by atoms with Gasteiger partial charge in [0.2, 0.25) is 0 Å². The van der Waals surface area contributed by atoms with Crippen LogP contribution in [0.3, 0.4) is 0 Å². The lowest BCUT2D eigenvalue weighted by molar-refractivity contribution is 0.497. The fourth-order valence-electron chi connectivity index (χ4n) is 1.78. The maximum absolute atomic E-state index is 5.78. The van der Waals surface area contributed by atoms with Crippen LogP contribution in [0.15, 0.2) is 33.3 Å². The van der Waals surface area contributed by atoms with Crippen LogP contribution in [-0.4, -0.2) is 18.1 Å². The minimum absolute atomic E-state index is 0.783. The molecule has 4 heteroatoms. The molecule has 3 nitrogen and oxygen atoms in total. The molecule has 0 spiro atoms. The zero-order valence-corrected chi connectivity index (χ0v) is 12.3. The number of aromatic nitrogens is 1. The molecule has 18 heavy (non-hydrogen) atoms. The van der Waals surface area contributed by atoms with Crippen LogP contribution in [0, 0.1) is 6.92 Å². The first-order valence-corrected chi connectivity index (χ1v) is 6.92. The summed E-state index contributed by atoms with van der Waals surface area (Å²) in [5, 5.41) is 3.26. The van der Waals surface area contributed by atoms with Gasteiger partial charge in [-0.2, -0.15) is 0 Å². The zero-order valence-electron chi connectivity index (χ0n) is 10.7. The summed E-state index contributed by atoms with van der Waals surface area (Å²) in [5.41, 5.74) is 2.28. The lowest BCUT2D eigenvalue weighted by Crippen LogP contribution is -2.16. The molecule has 1 aromatic carbocycles. The molecular formula is C14H17BrN2O. The highest BCUT2D eigenvalue weighted by Gasteiger charge is 2.09. The molecule has 1 N–H and O–H groups in total. The number of likely N-dealkylation sites (N-methyl/N-ethyl adjacent to an activating group) is 1. The van der Waals surface area contributed by atoms with Crippen molar-refractivity contribution in [3.05, 3.63) is 40.3 Å². The van der Waals surface area contributed by atoms with E-state index in [0.717, 1.165) is 41.2 Å². The number of hydrogen-bond donors (Lipinski definition) is 1. The van der Waals surface area contributed by atoms with Gasteiger partial charge in [0, 0.05) is 23.0 Å². The van der Waals surface area contributed by atoms with Crippen LogP contribution in [0.4, 0.5) is 0 Å². The summed E-state index contributed by atoms with van der Waals surface area (Å²) in [6.07, 6.45) is 2.62. The summed E-state index contributed by atoms with van der Waals surface area (Å²) in [4.78, 5) is 4.31. The van der Waals surface area contributed by atoms with Gasteiger partial charge in [0.1, 0.15) is 0 Å². The van der Waals surface area contributed by atoms with Crippen molar-refractivity contribution < 1.29 is 4.42 Å². The van der Waals surface area contributed by atoms with Gasteiger partial charge in [-0.25, -0.2) is 4.98 Å². The second-order valence-electron chi connectivity index (χ2n) is 4.18. The maximum Gasteiger partial charge on any atom is 0.196 e. The predicted molar refractivity (Wildman–Crippen MR) is 76.6 cm³/mol. The Morgan fingerprint density at radius 1 is 1.39 bits per heavy atom. The molecule has 0 aliphatic heterocycles. The van der Waals surface area contributed by atoms with E-state index in [9.17, 15) is 0 Å². The third-order valence-electron chi connectivity index (χ3n) is 2.78. The molecule has 0 amide bonds. The van der Waals surface area contributed by atoms with Crippen molar-refractivity contribution in [2.45, 2.75) is 20.3 Å². The molecular weight excluding hydrogens is 292 g/mol. The number of nitrogens with zero attached hydrogens (tertiary/aromatic N) is 1. The molecule has 2 aromatic rings. The second kappa shape index (κ2) is 6.16. The van der Waals surface area contributed by atoms with Gasteiger partial charge in [-0.1, -0.05) is 28.9 Å². The Balaban J connectivity index is 2.16. The lowest BCUT2D eigenvalue weighted by Gasteiger charge is -2.02. The third kappa shape index (κ3) is 3.21. The Morgan fingerprint density at radius 2 is 2.22 bits per heavy atom. The van der Waals surface area contributed by atoms with Crippen LogP contribution >= 0.6 is 15.9 Å². The number of oxazole rings is 1. The summed E-state index contributed by atoms with van der Waals surface area (Å²) >= 11 is 3.48. The van der Waals surface area contributed by atoms with E-state index in [0.29, 0.717) is 0 Å². The fraction of sp³-hybridized carbons (Fsp3) is 0.357. The molecule has 2 rings (SSSR count). The summed E-state index contributed by atoms with van der Waals surface area (Å²) in [6.45, 7) is 6.03. The van der Waals surface area contributed by atoms with Crippen molar-refractivity contribution in [3.8, 4) is 11.3 Å². The highest BCUT2D eigenvalue weighted by atomic mass is 79.9. The first-order valence-electron chi connectivity index (χ1n) is 6.12. The number of benzene rings is 1. The van der Waals surface area contributed by atoms with E-state index in [4.69, 9.17) is 4.42 Å². The summed E-state index contributed by atoms with van der Waals surface area (Å²) in [7, 11) is 0. The molecule has 0 aliphatic carbocycles. The van der Waals surface area contributed by atoms with Crippen molar-refractivity contribution >= 4 is 15.9 Å². The summed E-state index contributed by atoms with van der Waals surface area (Å²) in [5.74, 6) is 1.62. The van der Waals surface area contributed by atoms with Gasteiger partial charge in [-0.3, -0.25) is 0 Å². The van der Waals surface area contributed by atoms with Crippen molar-refractivity contribution in [3.63, 3.8) is 0 Å².